The van der Waals surface area contributed by atoms with Gasteiger partial charge in [-0.2, -0.15) is 11.8 Å². The molecule has 1 fully saturated rings. The van der Waals surface area contributed by atoms with Crippen molar-refractivity contribution in [3.05, 3.63) is 29.8 Å². The number of methoxy groups -OCH3 is 1. The molecule has 1 atom stereocenters. The minimum Gasteiger partial charge on any atom is -0.497 e. The third-order valence-electron chi connectivity index (χ3n) is 4.00. The van der Waals surface area contributed by atoms with Crippen LogP contribution < -0.4 is 26.2 Å². The summed E-state index contributed by atoms with van der Waals surface area (Å²) >= 11 is 1.52. The Kier molecular flexibility index (Phi) is 8.12. The maximum atomic E-state index is 12.4. The van der Waals surface area contributed by atoms with E-state index in [1.807, 2.05) is 6.26 Å². The van der Waals surface area contributed by atoms with Gasteiger partial charge in [0.15, 0.2) is 0 Å². The molecule has 28 heavy (non-hydrogen) atoms. The summed E-state index contributed by atoms with van der Waals surface area (Å²) in [6.07, 6.45) is 3.93. The van der Waals surface area contributed by atoms with Crippen LogP contribution in [0.2, 0.25) is 0 Å². The molecule has 0 heterocycles. The second-order valence-corrected chi connectivity index (χ2v) is 7.21. The third-order valence-corrected chi connectivity index (χ3v) is 4.65. The lowest BCUT2D eigenvalue weighted by atomic mass is 10.1. The molecule has 0 radical (unpaired) electrons. The predicted octanol–water partition coefficient (Wildman–Crippen LogP) is -0.0273. The van der Waals surface area contributed by atoms with Gasteiger partial charge in [0.05, 0.1) is 7.11 Å². The van der Waals surface area contributed by atoms with Crippen LogP contribution in [-0.2, 0) is 14.4 Å². The van der Waals surface area contributed by atoms with Gasteiger partial charge in [0.2, 0.25) is 0 Å². The highest BCUT2D eigenvalue weighted by atomic mass is 32.2. The second kappa shape index (κ2) is 10.5. The lowest BCUT2D eigenvalue weighted by molar-refractivity contribution is -0.141. The number of carbonyl (C=O) groups excluding carboxylic acids is 4. The predicted molar refractivity (Wildman–Crippen MR) is 105 cm³/mol. The Balaban J connectivity index is 1.90. The number of ether oxygens (including phenoxy) is 1. The highest BCUT2D eigenvalue weighted by Gasteiger charge is 2.27. The molecule has 4 N–H and O–H groups in total. The van der Waals surface area contributed by atoms with E-state index in [0.717, 1.165) is 12.8 Å². The Labute approximate surface area is 167 Å². The van der Waals surface area contributed by atoms with Crippen molar-refractivity contribution in [2.75, 3.05) is 19.1 Å². The Morgan fingerprint density at radius 1 is 1.11 bits per heavy atom. The van der Waals surface area contributed by atoms with Crippen molar-refractivity contribution in [2.24, 2.45) is 0 Å². The van der Waals surface area contributed by atoms with Gasteiger partial charge in [0.25, 0.3) is 11.8 Å². The first kappa shape index (κ1) is 21.5. The van der Waals surface area contributed by atoms with E-state index in [9.17, 15) is 19.2 Å². The van der Waals surface area contributed by atoms with Crippen LogP contribution in [0.5, 0.6) is 5.75 Å². The van der Waals surface area contributed by atoms with E-state index >= 15 is 0 Å². The largest absolute Gasteiger partial charge is 0.497 e. The summed E-state index contributed by atoms with van der Waals surface area (Å²) in [6, 6.07) is 5.62. The van der Waals surface area contributed by atoms with Crippen molar-refractivity contribution in [3.63, 3.8) is 0 Å². The molecule has 2 rings (SSSR count). The van der Waals surface area contributed by atoms with Gasteiger partial charge in [-0.3, -0.25) is 30.0 Å². The van der Waals surface area contributed by atoms with Crippen LogP contribution in [0.4, 0.5) is 0 Å². The minimum atomic E-state index is -0.953. The Bertz CT molecular complexity index is 721. The van der Waals surface area contributed by atoms with Crippen molar-refractivity contribution < 1.29 is 23.9 Å². The molecule has 10 heteroatoms. The van der Waals surface area contributed by atoms with E-state index in [0.29, 0.717) is 23.5 Å². The van der Waals surface area contributed by atoms with E-state index < -0.39 is 29.7 Å². The molecule has 4 amide bonds. The normalized spacial score (nSPS) is 13.8. The second-order valence-electron chi connectivity index (χ2n) is 6.23. The van der Waals surface area contributed by atoms with E-state index in [4.69, 9.17) is 4.74 Å². The lowest BCUT2D eigenvalue weighted by Gasteiger charge is -2.18. The van der Waals surface area contributed by atoms with Crippen LogP contribution in [-0.4, -0.2) is 54.8 Å². The topological polar surface area (TPSA) is 126 Å². The maximum Gasteiger partial charge on any atom is 0.327 e. The number of hydrogen-bond acceptors (Lipinski definition) is 6. The van der Waals surface area contributed by atoms with Crippen molar-refractivity contribution in [1.82, 2.24) is 21.5 Å². The van der Waals surface area contributed by atoms with Gasteiger partial charge in [-0.25, -0.2) is 0 Å². The van der Waals surface area contributed by atoms with Crippen LogP contribution in [0.15, 0.2) is 24.3 Å². The Morgan fingerprint density at radius 3 is 2.36 bits per heavy atom. The summed E-state index contributed by atoms with van der Waals surface area (Å²) in [4.78, 5) is 48.1. The SMILES string of the molecule is COc1ccc(C(=O)N[C@H](CCSC)C(=O)NNC(=O)C(=O)NC2CC2)cc1. The summed E-state index contributed by atoms with van der Waals surface area (Å²) in [7, 11) is 1.52. The molecule has 1 aromatic rings. The van der Waals surface area contributed by atoms with Crippen LogP contribution in [0.3, 0.4) is 0 Å². The summed E-state index contributed by atoms with van der Waals surface area (Å²) in [5, 5.41) is 5.16. The van der Waals surface area contributed by atoms with Gasteiger partial charge in [0, 0.05) is 11.6 Å². The molecule has 1 aliphatic carbocycles. The van der Waals surface area contributed by atoms with Crippen molar-refractivity contribution in [3.8, 4) is 5.75 Å². The molecular weight excluding hydrogens is 384 g/mol. The van der Waals surface area contributed by atoms with Crippen LogP contribution in [0.1, 0.15) is 29.6 Å². The average Bonchev–Trinajstić information content (AvgIpc) is 3.52. The zero-order chi connectivity index (χ0) is 20.5. The number of hydrogen-bond donors (Lipinski definition) is 4. The molecule has 0 aromatic heterocycles. The molecule has 0 spiro atoms. The van der Waals surface area contributed by atoms with Crippen LogP contribution in [0, 0.1) is 0 Å². The monoisotopic (exact) mass is 408 g/mol. The fourth-order valence-corrected chi connectivity index (χ4v) is 2.70. The molecule has 0 bridgehead atoms. The zero-order valence-electron chi connectivity index (χ0n) is 15.7. The zero-order valence-corrected chi connectivity index (χ0v) is 16.6. The lowest BCUT2D eigenvalue weighted by Crippen LogP contribution is -2.55. The molecule has 1 aliphatic rings. The van der Waals surface area contributed by atoms with Gasteiger partial charge in [-0.15, -0.1) is 0 Å². The quantitative estimate of drug-likeness (QED) is 0.354. The standard InChI is InChI=1S/C18H24N4O5S/c1-27-13-7-3-11(4-8-13)15(23)20-14(9-10-28-2)16(24)21-22-18(26)17(25)19-12-5-6-12/h3-4,7-8,12,14H,5-6,9-10H2,1-2H3,(H,19,25)(H,20,23)(H,21,24)(H,22,26)/t14-/m1/s1. The van der Waals surface area contributed by atoms with Gasteiger partial charge in [-0.1, -0.05) is 0 Å². The van der Waals surface area contributed by atoms with Gasteiger partial charge >= 0.3 is 11.8 Å². The fourth-order valence-electron chi connectivity index (χ4n) is 2.23. The summed E-state index contributed by atoms with van der Waals surface area (Å²) in [5.41, 5.74) is 4.64. The van der Waals surface area contributed by atoms with E-state index in [-0.39, 0.29) is 6.04 Å². The highest BCUT2D eigenvalue weighted by molar-refractivity contribution is 7.98. The number of nitrogens with one attached hydrogen (secondary N) is 4. The molecule has 9 nitrogen and oxygen atoms in total. The number of amides is 4. The summed E-state index contributed by atoms with van der Waals surface area (Å²) in [5.74, 6) is -1.56. The molecule has 1 saturated carbocycles. The first-order chi connectivity index (χ1) is 13.4. The first-order valence-corrected chi connectivity index (χ1v) is 10.2. The molecule has 0 unspecified atom stereocenters. The first-order valence-electron chi connectivity index (χ1n) is 8.79. The molecular formula is C18H24N4O5S. The molecule has 1 aromatic carbocycles. The summed E-state index contributed by atoms with van der Waals surface area (Å²) in [6.45, 7) is 0. The van der Waals surface area contributed by atoms with Gasteiger partial charge in [-0.05, 0) is 55.5 Å². The average molecular weight is 408 g/mol. The smallest absolute Gasteiger partial charge is 0.327 e. The minimum absolute atomic E-state index is 0.0343. The molecule has 0 saturated heterocycles. The van der Waals surface area contributed by atoms with E-state index in [1.165, 1.54) is 18.9 Å². The number of benzene rings is 1. The van der Waals surface area contributed by atoms with E-state index in [1.54, 1.807) is 24.3 Å². The van der Waals surface area contributed by atoms with Crippen molar-refractivity contribution >= 4 is 35.4 Å². The molecule has 0 aliphatic heterocycles. The number of thioether (sulfide) groups is 1. The number of rotatable bonds is 8. The number of carbonyl (C=O) groups is 4. The number of hydrazine groups is 1. The fraction of sp³-hybridized carbons (Fsp3) is 0.444. The Morgan fingerprint density at radius 2 is 1.79 bits per heavy atom. The van der Waals surface area contributed by atoms with E-state index in [2.05, 4.69) is 21.5 Å². The highest BCUT2D eigenvalue weighted by Crippen LogP contribution is 2.18. The Hall–Kier alpha value is -2.75. The van der Waals surface area contributed by atoms with Gasteiger partial charge < -0.3 is 15.4 Å². The van der Waals surface area contributed by atoms with Crippen LogP contribution >= 0.6 is 11.8 Å². The molecule has 152 valence electrons. The van der Waals surface area contributed by atoms with Gasteiger partial charge in [0.1, 0.15) is 11.8 Å². The third kappa shape index (κ3) is 6.76. The van der Waals surface area contributed by atoms with Crippen molar-refractivity contribution in [1.29, 1.82) is 0 Å². The van der Waals surface area contributed by atoms with Crippen LogP contribution in [0.25, 0.3) is 0 Å². The van der Waals surface area contributed by atoms with Crippen molar-refractivity contribution in [2.45, 2.75) is 31.3 Å². The maximum absolute atomic E-state index is 12.4. The summed E-state index contributed by atoms with van der Waals surface area (Å²) < 4.78 is 5.05.